The van der Waals surface area contributed by atoms with E-state index in [2.05, 4.69) is 10.6 Å². The van der Waals surface area contributed by atoms with Crippen LogP contribution in [0.5, 0.6) is 0 Å². The molecular weight excluding hydrogens is 433 g/mol. The highest BCUT2D eigenvalue weighted by Crippen LogP contribution is 2.31. The number of imide groups is 1. The third-order valence-corrected chi connectivity index (χ3v) is 6.06. The number of benzene rings is 2. The molecule has 1 fully saturated rings. The Labute approximate surface area is 190 Å². The van der Waals surface area contributed by atoms with E-state index in [-0.39, 0.29) is 28.4 Å². The highest BCUT2D eigenvalue weighted by atomic mass is 35.5. The second kappa shape index (κ2) is 9.53. The van der Waals surface area contributed by atoms with Gasteiger partial charge in [0.15, 0.2) is 0 Å². The summed E-state index contributed by atoms with van der Waals surface area (Å²) in [6.45, 7) is 0. The molecule has 2 aromatic rings. The van der Waals surface area contributed by atoms with Crippen molar-refractivity contribution in [2.75, 3.05) is 10.2 Å². The van der Waals surface area contributed by atoms with Crippen LogP contribution in [0.3, 0.4) is 0 Å². The topological polar surface area (TPSA) is 78.5 Å². The van der Waals surface area contributed by atoms with E-state index in [1.165, 1.54) is 31.0 Å². The number of halogens is 2. The maximum absolute atomic E-state index is 14.2. The molecule has 1 aliphatic heterocycles. The summed E-state index contributed by atoms with van der Waals surface area (Å²) in [5.41, 5.74) is 0.511. The quantitative estimate of drug-likeness (QED) is 0.505. The first-order valence-electron chi connectivity index (χ1n) is 10.7. The molecule has 4 rings (SSSR count). The lowest BCUT2D eigenvalue weighted by atomic mass is 10.1. The molecule has 6 nitrogen and oxygen atoms in total. The molecule has 2 aliphatic rings. The summed E-state index contributed by atoms with van der Waals surface area (Å²) in [6.07, 6.45) is 6.53. The maximum Gasteiger partial charge on any atom is 0.283 e. The van der Waals surface area contributed by atoms with Gasteiger partial charge in [0.1, 0.15) is 16.5 Å². The van der Waals surface area contributed by atoms with E-state index < -0.39 is 17.6 Å². The summed E-state index contributed by atoms with van der Waals surface area (Å²) in [6, 6.07) is 12.2. The van der Waals surface area contributed by atoms with Crippen molar-refractivity contribution < 1.29 is 18.8 Å². The molecule has 166 valence electrons. The molecular formula is C24H23ClFN3O3. The van der Waals surface area contributed by atoms with Crippen molar-refractivity contribution in [3.05, 3.63) is 70.6 Å². The number of hydrogen-bond acceptors (Lipinski definition) is 4. The van der Waals surface area contributed by atoms with Crippen LogP contribution < -0.4 is 15.5 Å². The molecule has 1 saturated carbocycles. The molecule has 0 spiro atoms. The van der Waals surface area contributed by atoms with Gasteiger partial charge in [-0.3, -0.25) is 14.4 Å². The number of carbonyl (C=O) groups excluding carboxylic acids is 3. The van der Waals surface area contributed by atoms with Crippen LogP contribution in [0.25, 0.3) is 0 Å². The van der Waals surface area contributed by atoms with Gasteiger partial charge in [-0.05, 0) is 43.2 Å². The van der Waals surface area contributed by atoms with Crippen LogP contribution >= 0.6 is 11.6 Å². The normalized spacial score (nSPS) is 17.5. The number of amides is 3. The Hall–Kier alpha value is -3.19. The Morgan fingerprint density at radius 1 is 0.969 bits per heavy atom. The van der Waals surface area contributed by atoms with Crippen LogP contribution in [0.15, 0.2) is 59.3 Å². The van der Waals surface area contributed by atoms with Gasteiger partial charge in [-0.2, -0.15) is 0 Å². The molecule has 1 aliphatic carbocycles. The van der Waals surface area contributed by atoms with E-state index in [1.54, 1.807) is 24.3 Å². The fourth-order valence-corrected chi connectivity index (χ4v) is 4.25. The van der Waals surface area contributed by atoms with Gasteiger partial charge in [-0.1, -0.05) is 55.5 Å². The van der Waals surface area contributed by atoms with E-state index in [4.69, 9.17) is 11.6 Å². The largest absolute Gasteiger partial charge is 0.350 e. The highest BCUT2D eigenvalue weighted by Gasteiger charge is 2.40. The molecule has 2 N–H and O–H groups in total. The molecule has 0 saturated heterocycles. The SMILES string of the molecule is O=C(NC1CCCCCC1)c1cccc(NC2=C(Cl)C(=O)N(c3ccccc3F)C2=O)c1. The molecule has 8 heteroatoms. The molecule has 0 bridgehead atoms. The van der Waals surface area contributed by atoms with Crippen LogP contribution in [0.1, 0.15) is 48.9 Å². The Morgan fingerprint density at radius 3 is 2.41 bits per heavy atom. The molecule has 0 atom stereocenters. The summed E-state index contributed by atoms with van der Waals surface area (Å²) in [7, 11) is 0. The van der Waals surface area contributed by atoms with Crippen LogP contribution in [0, 0.1) is 5.82 Å². The number of nitrogens with one attached hydrogen (secondary N) is 2. The summed E-state index contributed by atoms with van der Waals surface area (Å²) in [5, 5.41) is 5.57. The van der Waals surface area contributed by atoms with E-state index in [0.717, 1.165) is 31.7 Å². The standard InChI is InChI=1S/C24H23ClFN3O3/c25-20-21(24(32)29(23(20)31)19-13-6-5-12-18(19)26)27-17-11-7-8-15(14-17)22(30)28-16-9-3-1-2-4-10-16/h5-8,11-14,16,27H,1-4,9-10H2,(H,28,30). The Morgan fingerprint density at radius 2 is 1.69 bits per heavy atom. The predicted octanol–water partition coefficient (Wildman–Crippen LogP) is 4.71. The first-order valence-corrected chi connectivity index (χ1v) is 11.0. The van der Waals surface area contributed by atoms with Crippen molar-refractivity contribution in [2.24, 2.45) is 0 Å². The van der Waals surface area contributed by atoms with Gasteiger partial charge in [-0.15, -0.1) is 0 Å². The third-order valence-electron chi connectivity index (χ3n) is 5.71. The van der Waals surface area contributed by atoms with Crippen molar-refractivity contribution in [2.45, 2.75) is 44.6 Å². The molecule has 0 radical (unpaired) electrons. The van der Waals surface area contributed by atoms with Gasteiger partial charge in [0.05, 0.1) is 5.69 Å². The smallest absolute Gasteiger partial charge is 0.283 e. The lowest BCUT2D eigenvalue weighted by Gasteiger charge is -2.17. The zero-order valence-corrected chi connectivity index (χ0v) is 18.1. The summed E-state index contributed by atoms with van der Waals surface area (Å²) in [5.74, 6) is -2.48. The second-order valence-corrected chi connectivity index (χ2v) is 8.33. The molecule has 3 amide bonds. The monoisotopic (exact) mass is 455 g/mol. The number of anilines is 2. The van der Waals surface area contributed by atoms with Crippen molar-refractivity contribution in [1.82, 2.24) is 5.32 Å². The van der Waals surface area contributed by atoms with Crippen molar-refractivity contribution in [3.8, 4) is 0 Å². The number of para-hydroxylation sites is 1. The van der Waals surface area contributed by atoms with Crippen LogP contribution in [0.2, 0.25) is 0 Å². The summed E-state index contributed by atoms with van der Waals surface area (Å²) < 4.78 is 14.2. The van der Waals surface area contributed by atoms with Crippen molar-refractivity contribution in [1.29, 1.82) is 0 Å². The number of carbonyl (C=O) groups is 3. The molecule has 0 unspecified atom stereocenters. The van der Waals surface area contributed by atoms with E-state index in [1.807, 2.05) is 0 Å². The first-order chi connectivity index (χ1) is 15.5. The second-order valence-electron chi connectivity index (χ2n) is 7.95. The number of rotatable bonds is 5. The van der Waals surface area contributed by atoms with Gasteiger partial charge in [0, 0.05) is 17.3 Å². The Balaban J connectivity index is 1.50. The number of hydrogen-bond donors (Lipinski definition) is 2. The first kappa shape index (κ1) is 22.0. The van der Waals surface area contributed by atoms with Gasteiger partial charge in [0.25, 0.3) is 17.7 Å². The lowest BCUT2D eigenvalue weighted by molar-refractivity contribution is -0.120. The minimum absolute atomic E-state index is 0.155. The Kier molecular flexibility index (Phi) is 6.55. The predicted molar refractivity (Wildman–Crippen MR) is 121 cm³/mol. The average molecular weight is 456 g/mol. The van der Waals surface area contributed by atoms with Gasteiger partial charge < -0.3 is 10.6 Å². The highest BCUT2D eigenvalue weighted by molar-refractivity contribution is 6.53. The minimum Gasteiger partial charge on any atom is -0.350 e. The fourth-order valence-electron chi connectivity index (χ4n) is 4.04. The molecule has 2 aromatic carbocycles. The van der Waals surface area contributed by atoms with Gasteiger partial charge in [0.2, 0.25) is 0 Å². The minimum atomic E-state index is -0.813. The van der Waals surface area contributed by atoms with Gasteiger partial charge in [-0.25, -0.2) is 9.29 Å². The summed E-state index contributed by atoms with van der Waals surface area (Å²) >= 11 is 6.12. The molecule has 0 aromatic heterocycles. The van der Waals surface area contributed by atoms with E-state index in [0.29, 0.717) is 16.2 Å². The van der Waals surface area contributed by atoms with E-state index in [9.17, 15) is 18.8 Å². The zero-order valence-electron chi connectivity index (χ0n) is 17.4. The summed E-state index contributed by atoms with van der Waals surface area (Å²) in [4.78, 5) is 38.8. The van der Waals surface area contributed by atoms with E-state index >= 15 is 0 Å². The fraction of sp³-hybridized carbons (Fsp3) is 0.292. The molecule has 32 heavy (non-hydrogen) atoms. The van der Waals surface area contributed by atoms with Crippen molar-refractivity contribution >= 4 is 40.7 Å². The van der Waals surface area contributed by atoms with Crippen LogP contribution in [0.4, 0.5) is 15.8 Å². The lowest BCUT2D eigenvalue weighted by Crippen LogP contribution is -2.34. The third kappa shape index (κ3) is 4.53. The number of nitrogens with zero attached hydrogens (tertiary/aromatic N) is 1. The molecule has 1 heterocycles. The maximum atomic E-state index is 14.2. The van der Waals surface area contributed by atoms with Crippen LogP contribution in [-0.2, 0) is 9.59 Å². The van der Waals surface area contributed by atoms with Crippen LogP contribution in [-0.4, -0.2) is 23.8 Å². The Bertz CT molecular complexity index is 1090. The zero-order chi connectivity index (χ0) is 22.7. The average Bonchev–Trinajstić information content (AvgIpc) is 2.98. The van der Waals surface area contributed by atoms with Crippen molar-refractivity contribution in [3.63, 3.8) is 0 Å². The van der Waals surface area contributed by atoms with Gasteiger partial charge >= 0.3 is 0 Å².